The molecule has 0 saturated heterocycles. The second kappa shape index (κ2) is 9.03. The van der Waals surface area contributed by atoms with Gasteiger partial charge in [-0.05, 0) is 78.9 Å². The second-order valence-electron chi connectivity index (χ2n) is 9.53. The zero-order valence-electron chi connectivity index (χ0n) is 17.8. The van der Waals surface area contributed by atoms with E-state index in [-0.39, 0.29) is 17.1 Å². The second-order valence-corrected chi connectivity index (χ2v) is 9.53. The molecule has 2 aromatic carbocycles. The first-order chi connectivity index (χ1) is 14.5. The van der Waals surface area contributed by atoms with Crippen molar-refractivity contribution in [3.05, 3.63) is 47.0 Å². The van der Waals surface area contributed by atoms with Gasteiger partial charge in [-0.15, -0.1) is 0 Å². The molecule has 4 rings (SSSR count). The summed E-state index contributed by atoms with van der Waals surface area (Å²) >= 11 is 0. The standard InChI is InChI=1S/C26H32F2O2/c1-2-3-4-5-16-6-7-18-13-19(9-8-17(18)12-16)21-11-10-20-14-23(26(29)30)24(27)15-22(20)25(21)28/h10-11,14-19H,2-9,12-13H2,1H3,(H,29,30). The van der Waals surface area contributed by atoms with E-state index in [2.05, 4.69) is 6.92 Å². The molecule has 0 amide bonds. The first-order valence-electron chi connectivity index (χ1n) is 11.6. The first kappa shape index (κ1) is 21.3. The van der Waals surface area contributed by atoms with Crippen LogP contribution in [-0.4, -0.2) is 11.1 Å². The topological polar surface area (TPSA) is 37.3 Å². The van der Waals surface area contributed by atoms with Gasteiger partial charge in [-0.1, -0.05) is 51.2 Å². The largest absolute Gasteiger partial charge is 0.478 e. The molecule has 4 atom stereocenters. The van der Waals surface area contributed by atoms with Crippen molar-refractivity contribution < 1.29 is 18.7 Å². The number of halogens is 2. The van der Waals surface area contributed by atoms with E-state index in [4.69, 9.17) is 5.11 Å². The van der Waals surface area contributed by atoms with Crippen LogP contribution in [0.5, 0.6) is 0 Å². The number of carboxylic acid groups (broad SMARTS) is 1. The highest BCUT2D eigenvalue weighted by atomic mass is 19.1. The van der Waals surface area contributed by atoms with Gasteiger partial charge in [-0.2, -0.15) is 0 Å². The Balaban J connectivity index is 1.49. The number of aromatic carboxylic acids is 1. The summed E-state index contributed by atoms with van der Waals surface area (Å²) in [6.45, 7) is 2.25. The predicted molar refractivity (Wildman–Crippen MR) is 116 cm³/mol. The average Bonchev–Trinajstić information content (AvgIpc) is 2.74. The van der Waals surface area contributed by atoms with E-state index in [1.54, 1.807) is 12.1 Å². The number of hydrogen-bond donors (Lipinski definition) is 1. The summed E-state index contributed by atoms with van der Waals surface area (Å²) in [5.41, 5.74) is 0.263. The van der Waals surface area contributed by atoms with Crippen LogP contribution >= 0.6 is 0 Å². The molecule has 2 saturated carbocycles. The van der Waals surface area contributed by atoms with Gasteiger partial charge in [0, 0.05) is 5.39 Å². The molecule has 0 spiro atoms. The van der Waals surface area contributed by atoms with E-state index in [0.717, 1.165) is 37.2 Å². The fraction of sp³-hybridized carbons (Fsp3) is 0.577. The molecule has 30 heavy (non-hydrogen) atoms. The van der Waals surface area contributed by atoms with E-state index in [1.165, 1.54) is 51.0 Å². The van der Waals surface area contributed by atoms with E-state index in [0.29, 0.717) is 16.9 Å². The Morgan fingerprint density at radius 2 is 1.80 bits per heavy atom. The maximum atomic E-state index is 15.3. The van der Waals surface area contributed by atoms with Crippen LogP contribution < -0.4 is 0 Å². The van der Waals surface area contributed by atoms with E-state index < -0.39 is 17.3 Å². The highest BCUT2D eigenvalue weighted by Crippen LogP contribution is 2.49. The fourth-order valence-corrected chi connectivity index (χ4v) is 6.02. The Morgan fingerprint density at radius 3 is 2.57 bits per heavy atom. The minimum Gasteiger partial charge on any atom is -0.478 e. The van der Waals surface area contributed by atoms with Gasteiger partial charge in [0.25, 0.3) is 0 Å². The molecule has 4 heteroatoms. The molecule has 0 aliphatic heterocycles. The van der Waals surface area contributed by atoms with Gasteiger partial charge >= 0.3 is 5.97 Å². The van der Waals surface area contributed by atoms with Crippen molar-refractivity contribution in [1.82, 2.24) is 0 Å². The molecule has 0 aromatic heterocycles. The summed E-state index contributed by atoms with van der Waals surface area (Å²) in [6.07, 6.45) is 12.4. The van der Waals surface area contributed by atoms with E-state index in [9.17, 15) is 9.18 Å². The lowest BCUT2D eigenvalue weighted by atomic mass is 9.63. The average molecular weight is 415 g/mol. The van der Waals surface area contributed by atoms with Gasteiger partial charge in [0.2, 0.25) is 0 Å². The maximum absolute atomic E-state index is 15.3. The molecule has 2 aliphatic carbocycles. The minimum atomic E-state index is -1.33. The Kier molecular flexibility index (Phi) is 6.40. The lowest BCUT2D eigenvalue weighted by Crippen LogP contribution is -2.30. The van der Waals surface area contributed by atoms with Crippen molar-refractivity contribution in [2.24, 2.45) is 17.8 Å². The molecular formula is C26H32F2O2. The van der Waals surface area contributed by atoms with Crippen LogP contribution in [-0.2, 0) is 0 Å². The Labute approximate surface area is 177 Å². The summed E-state index contributed by atoms with van der Waals surface area (Å²) in [6, 6.07) is 5.82. The van der Waals surface area contributed by atoms with Crippen LogP contribution in [0, 0.1) is 29.4 Å². The number of benzene rings is 2. The number of unbranched alkanes of at least 4 members (excludes halogenated alkanes) is 2. The van der Waals surface area contributed by atoms with Crippen LogP contribution in [0.3, 0.4) is 0 Å². The highest BCUT2D eigenvalue weighted by Gasteiger charge is 2.36. The van der Waals surface area contributed by atoms with Crippen LogP contribution in [0.2, 0.25) is 0 Å². The zero-order chi connectivity index (χ0) is 21.3. The van der Waals surface area contributed by atoms with Crippen molar-refractivity contribution >= 4 is 16.7 Å². The van der Waals surface area contributed by atoms with E-state index >= 15 is 4.39 Å². The SMILES string of the molecule is CCCCCC1CCC2CC(c3ccc4cc(C(=O)O)c(F)cc4c3F)CCC2C1. The van der Waals surface area contributed by atoms with Crippen molar-refractivity contribution in [3.8, 4) is 0 Å². The summed E-state index contributed by atoms with van der Waals surface area (Å²) < 4.78 is 29.5. The third kappa shape index (κ3) is 4.24. The van der Waals surface area contributed by atoms with Crippen molar-refractivity contribution in [3.63, 3.8) is 0 Å². The van der Waals surface area contributed by atoms with Crippen molar-refractivity contribution in [2.75, 3.05) is 0 Å². The molecule has 0 bridgehead atoms. The molecule has 4 unspecified atom stereocenters. The van der Waals surface area contributed by atoms with E-state index in [1.807, 2.05) is 0 Å². The smallest absolute Gasteiger partial charge is 0.338 e. The number of carboxylic acids is 1. The molecular weight excluding hydrogens is 382 g/mol. The number of hydrogen-bond acceptors (Lipinski definition) is 1. The first-order valence-corrected chi connectivity index (χ1v) is 11.6. The lowest BCUT2D eigenvalue weighted by molar-refractivity contribution is 0.0692. The van der Waals surface area contributed by atoms with Crippen molar-refractivity contribution in [1.29, 1.82) is 0 Å². The molecule has 162 valence electrons. The molecule has 2 nitrogen and oxygen atoms in total. The minimum absolute atomic E-state index is 0.175. The van der Waals surface area contributed by atoms with Crippen molar-refractivity contribution in [2.45, 2.75) is 77.0 Å². The molecule has 1 N–H and O–H groups in total. The highest BCUT2D eigenvalue weighted by molar-refractivity contribution is 5.95. The summed E-state index contributed by atoms with van der Waals surface area (Å²) in [4.78, 5) is 11.2. The zero-order valence-corrected chi connectivity index (χ0v) is 17.8. The van der Waals surface area contributed by atoms with Crippen LogP contribution in [0.1, 0.15) is 93.0 Å². The third-order valence-corrected chi connectivity index (χ3v) is 7.68. The van der Waals surface area contributed by atoms with Gasteiger partial charge in [0.05, 0.1) is 5.56 Å². The number of fused-ring (bicyclic) bond motifs is 2. The number of carbonyl (C=O) groups is 1. The third-order valence-electron chi connectivity index (χ3n) is 7.68. The van der Waals surface area contributed by atoms with Gasteiger partial charge in [-0.3, -0.25) is 0 Å². The quantitative estimate of drug-likeness (QED) is 0.492. The van der Waals surface area contributed by atoms with Crippen LogP contribution in [0.25, 0.3) is 10.8 Å². The maximum Gasteiger partial charge on any atom is 0.338 e. The van der Waals surface area contributed by atoms with Gasteiger partial charge in [0.15, 0.2) is 0 Å². The number of rotatable bonds is 6. The summed E-state index contributed by atoms with van der Waals surface area (Å²) in [5.74, 6) is -0.0838. The monoisotopic (exact) mass is 414 g/mol. The van der Waals surface area contributed by atoms with Gasteiger partial charge < -0.3 is 5.11 Å². The van der Waals surface area contributed by atoms with Gasteiger partial charge in [0.1, 0.15) is 11.6 Å². The van der Waals surface area contributed by atoms with Gasteiger partial charge in [-0.25, -0.2) is 13.6 Å². The molecule has 0 radical (unpaired) electrons. The fourth-order valence-electron chi connectivity index (χ4n) is 6.02. The lowest BCUT2D eigenvalue weighted by Gasteiger charge is -2.42. The Hall–Kier alpha value is -1.97. The Morgan fingerprint density at radius 1 is 1.03 bits per heavy atom. The molecule has 2 aliphatic rings. The summed E-state index contributed by atoms with van der Waals surface area (Å²) in [7, 11) is 0. The predicted octanol–water partition coefficient (Wildman–Crippen LogP) is 7.70. The van der Waals surface area contributed by atoms with Crippen LogP contribution in [0.15, 0.2) is 24.3 Å². The molecule has 0 heterocycles. The molecule has 2 aromatic rings. The molecule has 2 fully saturated rings. The normalized spacial score (nSPS) is 26.5. The van der Waals surface area contributed by atoms with Crippen LogP contribution in [0.4, 0.5) is 8.78 Å². The summed E-state index contributed by atoms with van der Waals surface area (Å²) in [5, 5.41) is 9.74. The Bertz CT molecular complexity index is 923.